The van der Waals surface area contributed by atoms with Gasteiger partial charge in [0.2, 0.25) is 5.91 Å². The largest absolute Gasteiger partial charge is 0.507 e. The Morgan fingerprint density at radius 1 is 1.03 bits per heavy atom. The zero-order chi connectivity index (χ0) is 21.1. The summed E-state index contributed by atoms with van der Waals surface area (Å²) in [5.74, 6) is -2.07. The quantitative estimate of drug-likeness (QED) is 0.429. The smallest absolute Gasteiger partial charge is 0.295 e. The van der Waals surface area contributed by atoms with E-state index in [0.29, 0.717) is 21.2 Å². The van der Waals surface area contributed by atoms with E-state index < -0.39 is 17.7 Å². The fourth-order valence-electron chi connectivity index (χ4n) is 3.22. The minimum atomic E-state index is -0.809. The highest BCUT2D eigenvalue weighted by molar-refractivity contribution is 6.46. The summed E-state index contributed by atoms with van der Waals surface area (Å²) >= 11 is 11.9. The minimum Gasteiger partial charge on any atom is -0.507 e. The number of nitrogens with one attached hydrogen (secondary N) is 1. The minimum absolute atomic E-state index is 0.0255. The fraction of sp³-hybridized carbons (Fsp3) is 0.190. The van der Waals surface area contributed by atoms with Gasteiger partial charge in [-0.2, -0.15) is 0 Å². The Bertz CT molecular complexity index is 985. The molecule has 1 atom stereocenters. The average Bonchev–Trinajstić information content (AvgIpc) is 2.93. The summed E-state index contributed by atoms with van der Waals surface area (Å²) in [7, 11) is 0. The summed E-state index contributed by atoms with van der Waals surface area (Å²) < 4.78 is 0. The molecule has 0 saturated carbocycles. The van der Waals surface area contributed by atoms with Crippen LogP contribution in [0.1, 0.15) is 24.1 Å². The highest BCUT2D eigenvalue weighted by Gasteiger charge is 2.45. The Hall–Kier alpha value is -2.83. The maximum absolute atomic E-state index is 12.8. The molecule has 0 aromatic heterocycles. The van der Waals surface area contributed by atoms with Crippen LogP contribution in [0.15, 0.2) is 54.1 Å². The highest BCUT2D eigenvalue weighted by Crippen LogP contribution is 2.39. The van der Waals surface area contributed by atoms with Crippen LogP contribution in [-0.4, -0.2) is 40.7 Å². The molecule has 3 rings (SSSR count). The fourth-order valence-corrected chi connectivity index (χ4v) is 3.47. The lowest BCUT2D eigenvalue weighted by Gasteiger charge is -2.25. The van der Waals surface area contributed by atoms with Crippen LogP contribution in [0.2, 0.25) is 10.0 Å². The van der Waals surface area contributed by atoms with E-state index in [1.165, 1.54) is 11.8 Å². The molecule has 2 aromatic carbocycles. The Balaban J connectivity index is 2.08. The number of hydrogen-bond donors (Lipinski definition) is 2. The summed E-state index contributed by atoms with van der Waals surface area (Å²) in [6.45, 7) is 1.65. The molecule has 0 spiro atoms. The molecule has 1 fully saturated rings. The molecule has 1 aliphatic heterocycles. The zero-order valence-electron chi connectivity index (χ0n) is 15.5. The van der Waals surface area contributed by atoms with Gasteiger partial charge < -0.3 is 15.3 Å². The van der Waals surface area contributed by atoms with E-state index in [0.717, 1.165) is 0 Å². The first-order chi connectivity index (χ1) is 13.8. The summed E-state index contributed by atoms with van der Waals surface area (Å²) in [5.41, 5.74) is 0.961. The molecule has 8 heteroatoms. The lowest BCUT2D eigenvalue weighted by molar-refractivity contribution is -0.139. The SMILES string of the molecule is CC(=O)NCCN1C(=O)C(=O)/C(=C(/O)c2ccc(Cl)cc2)[C@@H]1c1ccc(Cl)cc1. The van der Waals surface area contributed by atoms with E-state index in [4.69, 9.17) is 23.2 Å². The van der Waals surface area contributed by atoms with Gasteiger partial charge in [0.05, 0.1) is 11.6 Å². The van der Waals surface area contributed by atoms with Crippen molar-refractivity contribution < 1.29 is 19.5 Å². The number of hydrogen-bond acceptors (Lipinski definition) is 4. The third-order valence-corrected chi connectivity index (χ3v) is 5.07. The van der Waals surface area contributed by atoms with Crippen molar-refractivity contribution in [2.24, 2.45) is 0 Å². The molecule has 2 amide bonds. The molecule has 6 nitrogen and oxygen atoms in total. The molecule has 2 N–H and O–H groups in total. The summed E-state index contributed by atoms with van der Waals surface area (Å²) in [6.07, 6.45) is 0. The molecule has 1 aliphatic rings. The first-order valence-corrected chi connectivity index (χ1v) is 9.59. The molecule has 1 heterocycles. The number of Topliss-reactive ketones (excluding diaryl/α,β-unsaturated/α-hetero) is 1. The summed E-state index contributed by atoms with van der Waals surface area (Å²) in [6, 6.07) is 12.2. The second-order valence-electron chi connectivity index (χ2n) is 6.53. The summed E-state index contributed by atoms with van der Waals surface area (Å²) in [4.78, 5) is 38.0. The van der Waals surface area contributed by atoms with Gasteiger partial charge in [-0.1, -0.05) is 35.3 Å². The molecule has 0 unspecified atom stereocenters. The molecule has 2 aromatic rings. The van der Waals surface area contributed by atoms with Gasteiger partial charge in [0.15, 0.2) is 0 Å². The second kappa shape index (κ2) is 8.68. The van der Waals surface area contributed by atoms with Crippen LogP contribution in [-0.2, 0) is 14.4 Å². The summed E-state index contributed by atoms with van der Waals surface area (Å²) in [5, 5.41) is 14.5. The van der Waals surface area contributed by atoms with Crippen LogP contribution in [0.4, 0.5) is 0 Å². The van der Waals surface area contributed by atoms with E-state index >= 15 is 0 Å². The standard InChI is InChI=1S/C21H18Cl2N2O4/c1-12(26)24-10-11-25-18(13-2-6-15(22)7-3-13)17(20(28)21(25)29)19(27)14-4-8-16(23)9-5-14/h2-9,18,27H,10-11H2,1H3,(H,24,26)/b19-17+/t18-/m0/s1. The number of aliphatic hydroxyl groups excluding tert-OH is 1. The van der Waals surface area contributed by atoms with Gasteiger partial charge in [-0.3, -0.25) is 14.4 Å². The van der Waals surface area contributed by atoms with Gasteiger partial charge in [0, 0.05) is 35.6 Å². The maximum Gasteiger partial charge on any atom is 0.295 e. The van der Waals surface area contributed by atoms with Gasteiger partial charge in [-0.25, -0.2) is 0 Å². The van der Waals surface area contributed by atoms with Crippen molar-refractivity contribution in [1.29, 1.82) is 0 Å². The molecule has 0 bridgehead atoms. The molecule has 0 radical (unpaired) electrons. The number of aliphatic hydroxyl groups is 1. The highest BCUT2D eigenvalue weighted by atomic mass is 35.5. The van der Waals surface area contributed by atoms with Crippen molar-refractivity contribution in [2.45, 2.75) is 13.0 Å². The number of halogens is 2. The Kier molecular flexibility index (Phi) is 6.25. The number of carbonyl (C=O) groups excluding carboxylic acids is 3. The van der Waals surface area contributed by atoms with E-state index in [1.54, 1.807) is 48.5 Å². The van der Waals surface area contributed by atoms with Crippen LogP contribution in [0.3, 0.4) is 0 Å². The number of amides is 2. The number of nitrogens with zero attached hydrogens (tertiary/aromatic N) is 1. The topological polar surface area (TPSA) is 86.7 Å². The third kappa shape index (κ3) is 4.44. The van der Waals surface area contributed by atoms with Crippen LogP contribution >= 0.6 is 23.2 Å². The predicted octanol–water partition coefficient (Wildman–Crippen LogP) is 3.55. The number of ketones is 1. The lowest BCUT2D eigenvalue weighted by atomic mass is 9.95. The van der Waals surface area contributed by atoms with E-state index in [1.807, 2.05) is 0 Å². The van der Waals surface area contributed by atoms with Gasteiger partial charge in [-0.15, -0.1) is 0 Å². The van der Waals surface area contributed by atoms with E-state index in [9.17, 15) is 19.5 Å². The van der Waals surface area contributed by atoms with Crippen LogP contribution in [0.5, 0.6) is 0 Å². The molecule has 0 aliphatic carbocycles. The third-order valence-electron chi connectivity index (χ3n) is 4.57. The first-order valence-electron chi connectivity index (χ1n) is 8.84. The van der Waals surface area contributed by atoms with E-state index in [2.05, 4.69) is 5.32 Å². The van der Waals surface area contributed by atoms with Crippen molar-refractivity contribution in [1.82, 2.24) is 10.2 Å². The molecule has 29 heavy (non-hydrogen) atoms. The zero-order valence-corrected chi connectivity index (χ0v) is 17.0. The normalized spacial score (nSPS) is 18.2. The van der Waals surface area contributed by atoms with Crippen molar-refractivity contribution in [3.63, 3.8) is 0 Å². The van der Waals surface area contributed by atoms with Crippen molar-refractivity contribution >= 4 is 46.6 Å². The predicted molar refractivity (Wildman–Crippen MR) is 111 cm³/mol. The number of rotatable bonds is 5. The van der Waals surface area contributed by atoms with Crippen LogP contribution in [0.25, 0.3) is 5.76 Å². The van der Waals surface area contributed by atoms with E-state index in [-0.39, 0.29) is 30.3 Å². The maximum atomic E-state index is 12.8. The van der Waals surface area contributed by atoms with Crippen molar-refractivity contribution in [3.05, 3.63) is 75.3 Å². The van der Waals surface area contributed by atoms with Gasteiger partial charge in [0.1, 0.15) is 5.76 Å². The van der Waals surface area contributed by atoms with Crippen LogP contribution in [0, 0.1) is 0 Å². The molecular weight excluding hydrogens is 415 g/mol. The molecule has 1 saturated heterocycles. The van der Waals surface area contributed by atoms with Crippen molar-refractivity contribution in [2.75, 3.05) is 13.1 Å². The monoisotopic (exact) mass is 432 g/mol. The molecular formula is C21H18Cl2N2O4. The van der Waals surface area contributed by atoms with Gasteiger partial charge >= 0.3 is 0 Å². The number of carbonyl (C=O) groups is 3. The lowest BCUT2D eigenvalue weighted by Crippen LogP contribution is -2.37. The second-order valence-corrected chi connectivity index (χ2v) is 7.41. The Labute approximate surface area is 177 Å². The number of benzene rings is 2. The Morgan fingerprint density at radius 2 is 1.59 bits per heavy atom. The van der Waals surface area contributed by atoms with Crippen molar-refractivity contribution in [3.8, 4) is 0 Å². The van der Waals surface area contributed by atoms with Gasteiger partial charge in [0.25, 0.3) is 11.7 Å². The average molecular weight is 433 g/mol. The molecule has 150 valence electrons. The van der Waals surface area contributed by atoms with Crippen LogP contribution < -0.4 is 5.32 Å². The number of likely N-dealkylation sites (tertiary alicyclic amines) is 1. The first kappa shape index (κ1) is 20.9. The Morgan fingerprint density at radius 3 is 2.14 bits per heavy atom. The van der Waals surface area contributed by atoms with Gasteiger partial charge in [-0.05, 0) is 42.0 Å².